The van der Waals surface area contributed by atoms with E-state index in [1.165, 1.54) is 0 Å². The number of nitrogens with zero attached hydrogens (tertiary/aromatic N) is 5. The lowest BCUT2D eigenvalue weighted by molar-refractivity contribution is 0.0534. The van der Waals surface area contributed by atoms with Gasteiger partial charge in [-0.3, -0.25) is 4.90 Å². The number of aliphatic hydroxyl groups is 1. The van der Waals surface area contributed by atoms with Crippen molar-refractivity contribution in [3.63, 3.8) is 0 Å². The van der Waals surface area contributed by atoms with Gasteiger partial charge in [0.05, 0.1) is 35.5 Å². The summed E-state index contributed by atoms with van der Waals surface area (Å²) in [7, 11) is 1.94. The van der Waals surface area contributed by atoms with Crippen LogP contribution in [0.4, 0.5) is 11.6 Å². The third-order valence-electron chi connectivity index (χ3n) is 6.52. The van der Waals surface area contributed by atoms with E-state index in [4.69, 9.17) is 4.74 Å². The van der Waals surface area contributed by atoms with Gasteiger partial charge in [0.25, 0.3) is 0 Å². The molecule has 1 aromatic heterocycles. The van der Waals surface area contributed by atoms with E-state index in [0.717, 1.165) is 33.5 Å². The SMILES string of the molecule is Cc1c(C(CO)N(C)Cc2cnc(N3NCc4c(C#N)cccc43)nc2)ccc2c1COC2=O. The highest BCUT2D eigenvalue weighted by atomic mass is 16.5. The monoisotopic (exact) mass is 456 g/mol. The Bertz CT molecular complexity index is 1300. The van der Waals surface area contributed by atoms with Crippen LogP contribution < -0.4 is 10.4 Å². The molecule has 0 saturated carbocycles. The van der Waals surface area contributed by atoms with Gasteiger partial charge in [-0.25, -0.2) is 25.2 Å². The lowest BCUT2D eigenvalue weighted by Gasteiger charge is -2.28. The molecule has 3 aromatic rings. The molecule has 172 valence electrons. The Morgan fingerprint density at radius 1 is 1.26 bits per heavy atom. The number of aromatic nitrogens is 2. The smallest absolute Gasteiger partial charge is 0.338 e. The molecule has 0 bridgehead atoms. The van der Waals surface area contributed by atoms with Crippen molar-refractivity contribution in [3.05, 3.63) is 81.7 Å². The molecule has 2 aliphatic rings. The number of nitriles is 1. The molecular weight excluding hydrogens is 432 g/mol. The first-order chi connectivity index (χ1) is 16.5. The van der Waals surface area contributed by atoms with Crippen molar-refractivity contribution in [1.29, 1.82) is 5.26 Å². The molecule has 0 amide bonds. The minimum absolute atomic E-state index is 0.0699. The molecule has 2 aliphatic heterocycles. The summed E-state index contributed by atoms with van der Waals surface area (Å²) in [4.78, 5) is 22.9. The molecule has 5 rings (SSSR count). The number of esters is 1. The summed E-state index contributed by atoms with van der Waals surface area (Å²) in [6.07, 6.45) is 3.53. The predicted molar refractivity (Wildman–Crippen MR) is 124 cm³/mol. The summed E-state index contributed by atoms with van der Waals surface area (Å²) in [6, 6.07) is 11.2. The summed E-state index contributed by atoms with van der Waals surface area (Å²) in [6.45, 7) is 3.24. The number of ether oxygens (including phenoxy) is 1. The number of likely N-dealkylation sites (N-methyl/N-ethyl adjacent to an activating group) is 1. The van der Waals surface area contributed by atoms with Crippen molar-refractivity contribution in [2.24, 2.45) is 0 Å². The molecule has 0 aliphatic carbocycles. The number of hydrogen-bond acceptors (Lipinski definition) is 9. The van der Waals surface area contributed by atoms with Gasteiger partial charge in [-0.1, -0.05) is 12.1 Å². The second-order valence-electron chi connectivity index (χ2n) is 8.47. The molecule has 0 spiro atoms. The van der Waals surface area contributed by atoms with E-state index in [2.05, 4.69) is 21.5 Å². The highest BCUT2D eigenvalue weighted by Crippen LogP contribution is 2.33. The average Bonchev–Trinajstić information content (AvgIpc) is 3.45. The first kappa shape index (κ1) is 22.0. The van der Waals surface area contributed by atoms with Gasteiger partial charge in [0.2, 0.25) is 5.95 Å². The van der Waals surface area contributed by atoms with Gasteiger partial charge < -0.3 is 9.84 Å². The maximum Gasteiger partial charge on any atom is 0.338 e. The molecule has 2 N–H and O–H groups in total. The molecule has 34 heavy (non-hydrogen) atoms. The first-order valence-corrected chi connectivity index (χ1v) is 11.0. The molecule has 0 fully saturated rings. The van der Waals surface area contributed by atoms with Crippen LogP contribution in [0.1, 0.15) is 49.8 Å². The lowest BCUT2D eigenvalue weighted by atomic mass is 9.93. The van der Waals surface area contributed by atoms with Gasteiger partial charge in [-0.2, -0.15) is 5.26 Å². The van der Waals surface area contributed by atoms with Crippen molar-refractivity contribution in [1.82, 2.24) is 20.3 Å². The number of carbonyl (C=O) groups excluding carboxylic acids is 1. The second kappa shape index (κ2) is 8.83. The highest BCUT2D eigenvalue weighted by molar-refractivity contribution is 5.94. The van der Waals surface area contributed by atoms with Gasteiger partial charge in [0.1, 0.15) is 6.61 Å². The van der Waals surface area contributed by atoms with E-state index < -0.39 is 0 Å². The van der Waals surface area contributed by atoms with Gasteiger partial charge in [0.15, 0.2) is 0 Å². The Balaban J connectivity index is 1.33. The minimum Gasteiger partial charge on any atom is -0.457 e. The number of nitrogens with one attached hydrogen (secondary N) is 1. The number of benzene rings is 2. The zero-order valence-corrected chi connectivity index (χ0v) is 18.9. The topological polar surface area (TPSA) is 115 Å². The molecule has 9 heteroatoms. The normalized spacial score (nSPS) is 15.1. The van der Waals surface area contributed by atoms with E-state index in [-0.39, 0.29) is 25.2 Å². The maximum atomic E-state index is 11.8. The Labute approximate surface area is 197 Å². The van der Waals surface area contributed by atoms with Gasteiger partial charge >= 0.3 is 5.97 Å². The van der Waals surface area contributed by atoms with Crippen LogP contribution in [0, 0.1) is 18.3 Å². The van der Waals surface area contributed by atoms with Gasteiger partial charge in [-0.15, -0.1) is 0 Å². The molecule has 3 heterocycles. The largest absolute Gasteiger partial charge is 0.457 e. The molecule has 1 unspecified atom stereocenters. The zero-order chi connectivity index (χ0) is 23.8. The summed E-state index contributed by atoms with van der Waals surface area (Å²) >= 11 is 0. The predicted octanol–water partition coefficient (Wildman–Crippen LogP) is 2.65. The van der Waals surface area contributed by atoms with Crippen molar-refractivity contribution in [2.45, 2.75) is 32.7 Å². The van der Waals surface area contributed by atoms with Crippen LogP contribution in [0.15, 0.2) is 42.7 Å². The fraction of sp³-hybridized carbons (Fsp3) is 0.280. The third kappa shape index (κ3) is 3.68. The number of hydrazine groups is 1. The van der Waals surface area contributed by atoms with Crippen LogP contribution >= 0.6 is 0 Å². The van der Waals surface area contributed by atoms with Crippen LogP contribution in [0.5, 0.6) is 0 Å². The third-order valence-corrected chi connectivity index (χ3v) is 6.52. The zero-order valence-electron chi connectivity index (χ0n) is 18.9. The van der Waals surface area contributed by atoms with Crippen LogP contribution in [0.3, 0.4) is 0 Å². The van der Waals surface area contributed by atoms with Crippen LogP contribution in [0.2, 0.25) is 0 Å². The van der Waals surface area contributed by atoms with Gasteiger partial charge in [-0.05, 0) is 43.3 Å². The van der Waals surface area contributed by atoms with Gasteiger partial charge in [0, 0.05) is 42.2 Å². The number of rotatable bonds is 6. The van der Waals surface area contributed by atoms with Crippen molar-refractivity contribution in [3.8, 4) is 6.07 Å². The minimum atomic E-state index is -0.297. The Morgan fingerprint density at radius 2 is 2.06 bits per heavy atom. The fourth-order valence-corrected chi connectivity index (χ4v) is 4.64. The second-order valence-corrected chi connectivity index (χ2v) is 8.47. The number of anilines is 2. The Kier molecular flexibility index (Phi) is 5.71. The maximum absolute atomic E-state index is 11.8. The quantitative estimate of drug-likeness (QED) is 0.540. The number of hydrogen-bond donors (Lipinski definition) is 2. The summed E-state index contributed by atoms with van der Waals surface area (Å²) < 4.78 is 5.16. The van der Waals surface area contributed by atoms with Crippen molar-refractivity contribution < 1.29 is 14.6 Å². The van der Waals surface area contributed by atoms with Crippen LogP contribution in [0.25, 0.3) is 0 Å². The standard InChI is InChI=1S/C25H24N6O3/c1-15-18(6-7-19-21(15)14-34-24(19)33)23(13-32)30(2)12-16-9-27-25(28-10-16)31-22-5-3-4-17(8-26)20(22)11-29-31/h3-7,9-10,23,29,32H,11-14H2,1-2H3. The summed E-state index contributed by atoms with van der Waals surface area (Å²) in [5.74, 6) is 0.202. The molecular formula is C25H24N6O3. The number of fused-ring (bicyclic) bond motifs is 2. The van der Waals surface area contributed by atoms with Crippen LogP contribution in [-0.4, -0.2) is 39.6 Å². The van der Waals surface area contributed by atoms with Crippen LogP contribution in [-0.2, 0) is 24.4 Å². The molecule has 9 nitrogen and oxygen atoms in total. The number of aliphatic hydroxyl groups excluding tert-OH is 1. The Hall–Kier alpha value is -3.84. The first-order valence-electron chi connectivity index (χ1n) is 11.0. The molecule has 0 saturated heterocycles. The highest BCUT2D eigenvalue weighted by Gasteiger charge is 2.28. The molecule has 2 aromatic carbocycles. The number of carbonyl (C=O) groups is 1. The number of cyclic esters (lactones) is 1. The average molecular weight is 457 g/mol. The summed E-state index contributed by atoms with van der Waals surface area (Å²) in [5, 5.41) is 21.3. The van der Waals surface area contributed by atoms with Crippen molar-refractivity contribution >= 4 is 17.6 Å². The van der Waals surface area contributed by atoms with E-state index in [1.807, 2.05) is 37.1 Å². The Morgan fingerprint density at radius 3 is 2.79 bits per heavy atom. The molecule has 1 atom stereocenters. The van der Waals surface area contributed by atoms with E-state index in [9.17, 15) is 15.2 Å². The van der Waals surface area contributed by atoms with Crippen molar-refractivity contribution in [2.75, 3.05) is 18.7 Å². The van der Waals surface area contributed by atoms with E-state index >= 15 is 0 Å². The van der Waals surface area contributed by atoms with E-state index in [1.54, 1.807) is 29.5 Å². The fourth-order valence-electron chi connectivity index (χ4n) is 4.64. The lowest BCUT2D eigenvalue weighted by Crippen LogP contribution is -2.29. The summed E-state index contributed by atoms with van der Waals surface area (Å²) in [5.41, 5.74) is 9.99. The van der Waals surface area contributed by atoms with E-state index in [0.29, 0.717) is 30.2 Å². The molecule has 0 radical (unpaired) electrons.